The normalized spacial score (nSPS) is 10.9. The van der Waals surface area contributed by atoms with Gasteiger partial charge in [-0.05, 0) is 24.3 Å². The van der Waals surface area contributed by atoms with Crippen LogP contribution >= 0.6 is 11.6 Å². The van der Waals surface area contributed by atoms with Crippen LogP contribution in [-0.4, -0.2) is 9.38 Å². The summed E-state index contributed by atoms with van der Waals surface area (Å²) in [7, 11) is 0. The Morgan fingerprint density at radius 1 is 1.18 bits per heavy atom. The van der Waals surface area contributed by atoms with Crippen molar-refractivity contribution in [3.63, 3.8) is 0 Å². The summed E-state index contributed by atoms with van der Waals surface area (Å²) in [5, 5.41) is 0.656. The van der Waals surface area contributed by atoms with Crippen LogP contribution in [0.4, 0.5) is 4.39 Å². The molecule has 0 N–H and O–H groups in total. The number of rotatable bonds is 1. The van der Waals surface area contributed by atoms with E-state index in [0.717, 1.165) is 11.1 Å². The third-order valence-corrected chi connectivity index (χ3v) is 2.81. The van der Waals surface area contributed by atoms with Crippen LogP contribution in [-0.2, 0) is 0 Å². The summed E-state index contributed by atoms with van der Waals surface area (Å²) >= 11 is 5.90. The van der Waals surface area contributed by atoms with Gasteiger partial charge < -0.3 is 0 Å². The number of hydrogen-bond donors (Lipinski definition) is 0. The van der Waals surface area contributed by atoms with Crippen LogP contribution in [0.5, 0.6) is 0 Å². The summed E-state index contributed by atoms with van der Waals surface area (Å²) in [6, 6.07) is 9.96. The van der Waals surface area contributed by atoms with Gasteiger partial charge in [0.05, 0.1) is 11.7 Å². The molecule has 2 aromatic heterocycles. The Kier molecular flexibility index (Phi) is 2.34. The van der Waals surface area contributed by atoms with Crippen LogP contribution in [0.2, 0.25) is 5.02 Å². The van der Waals surface area contributed by atoms with Gasteiger partial charge >= 0.3 is 0 Å². The Morgan fingerprint density at radius 3 is 2.88 bits per heavy atom. The lowest BCUT2D eigenvalue weighted by Crippen LogP contribution is -1.89. The van der Waals surface area contributed by atoms with E-state index < -0.39 is 0 Å². The summed E-state index contributed by atoms with van der Waals surface area (Å²) in [6.45, 7) is 0. The average molecular weight is 247 g/mol. The third kappa shape index (κ3) is 1.78. The van der Waals surface area contributed by atoms with E-state index >= 15 is 0 Å². The lowest BCUT2D eigenvalue weighted by atomic mass is 10.2. The van der Waals surface area contributed by atoms with E-state index in [-0.39, 0.29) is 5.82 Å². The number of imidazole rings is 1. The smallest absolute Gasteiger partial charge is 0.144 e. The highest BCUT2D eigenvalue weighted by molar-refractivity contribution is 6.30. The van der Waals surface area contributed by atoms with Crippen molar-refractivity contribution >= 4 is 17.1 Å². The SMILES string of the molecule is Fc1cccc(-c2ncc3cc(Cl)ccn23)c1. The van der Waals surface area contributed by atoms with E-state index in [1.54, 1.807) is 18.3 Å². The second kappa shape index (κ2) is 3.86. The second-order valence-corrected chi connectivity index (χ2v) is 4.17. The Bertz CT molecular complexity index is 691. The number of pyridine rings is 1. The van der Waals surface area contributed by atoms with Crippen LogP contribution in [0.15, 0.2) is 48.8 Å². The number of benzene rings is 1. The molecule has 17 heavy (non-hydrogen) atoms. The molecule has 84 valence electrons. The molecule has 0 unspecified atom stereocenters. The summed E-state index contributed by atoms with van der Waals surface area (Å²) < 4.78 is 15.0. The zero-order valence-electron chi connectivity index (χ0n) is 8.77. The van der Waals surface area contributed by atoms with Crippen LogP contribution in [0.1, 0.15) is 0 Å². The molecule has 0 saturated carbocycles. The van der Waals surface area contributed by atoms with Crippen molar-refractivity contribution in [1.29, 1.82) is 0 Å². The molecule has 0 aliphatic carbocycles. The molecule has 1 aromatic carbocycles. The summed E-state index contributed by atoms with van der Waals surface area (Å²) in [5.74, 6) is 0.435. The minimum absolute atomic E-state index is 0.270. The summed E-state index contributed by atoms with van der Waals surface area (Å²) in [4.78, 5) is 4.29. The fourth-order valence-corrected chi connectivity index (χ4v) is 1.98. The molecule has 0 amide bonds. The van der Waals surface area contributed by atoms with Gasteiger partial charge in [-0.3, -0.25) is 4.40 Å². The first-order valence-corrected chi connectivity index (χ1v) is 5.50. The highest BCUT2D eigenvalue weighted by Gasteiger charge is 2.06. The zero-order chi connectivity index (χ0) is 11.8. The Labute approximate surface area is 102 Å². The maximum atomic E-state index is 13.2. The van der Waals surface area contributed by atoms with Gasteiger partial charge in [-0.1, -0.05) is 23.7 Å². The predicted molar refractivity (Wildman–Crippen MR) is 65.6 cm³/mol. The van der Waals surface area contributed by atoms with E-state index in [2.05, 4.69) is 4.98 Å². The molecule has 3 rings (SSSR count). The van der Waals surface area contributed by atoms with Gasteiger partial charge in [-0.25, -0.2) is 9.37 Å². The molecular weight excluding hydrogens is 239 g/mol. The van der Waals surface area contributed by atoms with Crippen molar-refractivity contribution < 1.29 is 4.39 Å². The van der Waals surface area contributed by atoms with E-state index in [0.29, 0.717) is 10.8 Å². The first kappa shape index (κ1) is 10.3. The van der Waals surface area contributed by atoms with Crippen molar-refractivity contribution in [2.75, 3.05) is 0 Å². The highest BCUT2D eigenvalue weighted by Crippen LogP contribution is 2.22. The summed E-state index contributed by atoms with van der Waals surface area (Å²) in [5.41, 5.74) is 1.63. The first-order valence-electron chi connectivity index (χ1n) is 5.12. The van der Waals surface area contributed by atoms with Crippen molar-refractivity contribution in [2.24, 2.45) is 0 Å². The molecule has 4 heteroatoms. The van der Waals surface area contributed by atoms with E-state index in [1.807, 2.05) is 22.7 Å². The molecule has 2 heterocycles. The summed E-state index contributed by atoms with van der Waals surface area (Å²) in [6.07, 6.45) is 3.54. The van der Waals surface area contributed by atoms with Gasteiger partial charge in [0.1, 0.15) is 11.6 Å². The number of hydrogen-bond acceptors (Lipinski definition) is 1. The molecule has 0 radical (unpaired) electrons. The first-order chi connectivity index (χ1) is 8.24. The lowest BCUT2D eigenvalue weighted by molar-refractivity contribution is 0.628. The van der Waals surface area contributed by atoms with Crippen molar-refractivity contribution in [2.45, 2.75) is 0 Å². The van der Waals surface area contributed by atoms with Crippen LogP contribution in [0.3, 0.4) is 0 Å². The largest absolute Gasteiger partial charge is 0.300 e. The Morgan fingerprint density at radius 2 is 2.06 bits per heavy atom. The van der Waals surface area contributed by atoms with Gasteiger partial charge in [0.25, 0.3) is 0 Å². The molecule has 0 aliphatic rings. The standard InChI is InChI=1S/C13H8ClFN2/c14-10-4-5-17-12(7-10)8-16-13(17)9-2-1-3-11(15)6-9/h1-8H. The Hall–Kier alpha value is -1.87. The minimum atomic E-state index is -0.270. The maximum absolute atomic E-state index is 13.2. The van der Waals surface area contributed by atoms with Gasteiger partial charge in [0.2, 0.25) is 0 Å². The molecule has 0 atom stereocenters. The number of aromatic nitrogens is 2. The highest BCUT2D eigenvalue weighted by atomic mass is 35.5. The van der Waals surface area contributed by atoms with Crippen molar-refractivity contribution in [3.05, 3.63) is 59.6 Å². The van der Waals surface area contributed by atoms with E-state index in [1.165, 1.54) is 12.1 Å². The predicted octanol–water partition coefficient (Wildman–Crippen LogP) is 3.79. The number of fused-ring (bicyclic) bond motifs is 1. The van der Waals surface area contributed by atoms with Crippen LogP contribution < -0.4 is 0 Å². The van der Waals surface area contributed by atoms with Gasteiger partial charge in [0, 0.05) is 16.8 Å². The minimum Gasteiger partial charge on any atom is -0.300 e. The topological polar surface area (TPSA) is 17.3 Å². The van der Waals surface area contributed by atoms with Crippen molar-refractivity contribution in [1.82, 2.24) is 9.38 Å². The van der Waals surface area contributed by atoms with E-state index in [9.17, 15) is 4.39 Å². The Balaban J connectivity index is 2.24. The fraction of sp³-hybridized carbons (Fsp3) is 0. The monoisotopic (exact) mass is 246 g/mol. The maximum Gasteiger partial charge on any atom is 0.144 e. The molecule has 3 aromatic rings. The molecule has 0 aliphatic heterocycles. The number of nitrogens with zero attached hydrogens (tertiary/aromatic N) is 2. The molecule has 0 saturated heterocycles. The quantitative estimate of drug-likeness (QED) is 0.639. The molecule has 0 fully saturated rings. The van der Waals surface area contributed by atoms with Crippen molar-refractivity contribution in [3.8, 4) is 11.4 Å². The fourth-order valence-electron chi connectivity index (χ4n) is 1.81. The van der Waals surface area contributed by atoms with Crippen LogP contribution in [0.25, 0.3) is 16.9 Å². The van der Waals surface area contributed by atoms with Crippen LogP contribution in [0, 0.1) is 5.82 Å². The van der Waals surface area contributed by atoms with Gasteiger partial charge in [0.15, 0.2) is 0 Å². The van der Waals surface area contributed by atoms with E-state index in [4.69, 9.17) is 11.6 Å². The lowest BCUT2D eigenvalue weighted by Gasteiger charge is -2.01. The zero-order valence-corrected chi connectivity index (χ0v) is 9.53. The van der Waals surface area contributed by atoms with Gasteiger partial charge in [-0.15, -0.1) is 0 Å². The molecular formula is C13H8ClFN2. The third-order valence-electron chi connectivity index (χ3n) is 2.58. The average Bonchev–Trinajstić information content (AvgIpc) is 2.71. The molecule has 0 bridgehead atoms. The molecule has 2 nitrogen and oxygen atoms in total. The molecule has 0 spiro atoms. The second-order valence-electron chi connectivity index (χ2n) is 3.73. The number of halogens is 2. The van der Waals surface area contributed by atoms with Gasteiger partial charge in [-0.2, -0.15) is 0 Å².